The number of amides is 4. The summed E-state index contributed by atoms with van der Waals surface area (Å²) in [6.07, 6.45) is 0.0693. The molecular formula is C25H36N6O7. The number of aromatic amines is 1. The number of aliphatic hydroxyl groups excluding tert-OH is 1. The SMILES string of the molecule is CC(C)CC(NC(=O)C(N)Cc1c[nH]c2ccccc12)C(=O)NC(C(=O)NC(CC(N)=O)C(=O)O)C(C)O. The average Bonchev–Trinajstić information content (AvgIpc) is 3.23. The van der Waals surface area contributed by atoms with Gasteiger partial charge in [0.2, 0.25) is 23.6 Å². The number of rotatable bonds is 14. The molecular weight excluding hydrogens is 496 g/mol. The largest absolute Gasteiger partial charge is 0.480 e. The number of hydrogen-bond acceptors (Lipinski definition) is 7. The number of aliphatic carboxylic acids is 1. The van der Waals surface area contributed by atoms with Crippen LogP contribution in [0.25, 0.3) is 10.9 Å². The summed E-state index contributed by atoms with van der Waals surface area (Å²) in [6, 6.07) is 2.27. The lowest BCUT2D eigenvalue weighted by molar-refractivity contribution is -0.144. The maximum Gasteiger partial charge on any atom is 0.326 e. The second kappa shape index (κ2) is 13.5. The lowest BCUT2D eigenvalue weighted by Gasteiger charge is -2.27. The van der Waals surface area contributed by atoms with Gasteiger partial charge in [0.1, 0.15) is 18.1 Å². The van der Waals surface area contributed by atoms with Gasteiger partial charge in [-0.05, 0) is 37.3 Å². The number of nitrogens with one attached hydrogen (secondary N) is 4. The summed E-state index contributed by atoms with van der Waals surface area (Å²) in [7, 11) is 0. The zero-order valence-electron chi connectivity index (χ0n) is 21.6. The molecule has 1 aromatic heterocycles. The van der Waals surface area contributed by atoms with Gasteiger partial charge in [0.15, 0.2) is 0 Å². The van der Waals surface area contributed by atoms with Crippen LogP contribution in [0, 0.1) is 5.92 Å². The number of carbonyl (C=O) groups is 5. The molecule has 0 spiro atoms. The Bertz CT molecular complexity index is 1160. The zero-order valence-corrected chi connectivity index (χ0v) is 21.6. The second-order valence-corrected chi connectivity index (χ2v) is 9.66. The molecule has 0 radical (unpaired) electrons. The molecule has 1 aromatic carbocycles. The molecule has 2 rings (SSSR count). The summed E-state index contributed by atoms with van der Waals surface area (Å²) < 4.78 is 0. The third-order valence-electron chi connectivity index (χ3n) is 5.87. The van der Waals surface area contributed by atoms with E-state index in [4.69, 9.17) is 11.5 Å². The molecule has 0 saturated heterocycles. The highest BCUT2D eigenvalue weighted by Gasteiger charge is 2.33. The number of hydrogen-bond donors (Lipinski definition) is 8. The molecule has 0 aliphatic carbocycles. The molecule has 0 aliphatic rings. The highest BCUT2D eigenvalue weighted by Crippen LogP contribution is 2.19. The Hall–Kier alpha value is -3.97. The van der Waals surface area contributed by atoms with Gasteiger partial charge >= 0.3 is 5.97 Å². The van der Waals surface area contributed by atoms with Crippen molar-refractivity contribution in [3.05, 3.63) is 36.0 Å². The minimum atomic E-state index is -1.65. The van der Waals surface area contributed by atoms with E-state index in [0.717, 1.165) is 16.5 Å². The number of nitrogens with two attached hydrogens (primary N) is 2. The standard InChI is InChI=1S/C25H36N6O7/c1-12(2)8-18(29-22(34)16(26)9-14-11-28-17-7-5-4-6-15(14)17)23(35)31-21(13(3)32)24(36)30-19(25(37)38)10-20(27)33/h4-7,11-13,16,18-19,21,28,32H,8-10,26H2,1-3H3,(H2,27,33)(H,29,34)(H,30,36)(H,31,35)(H,37,38). The summed E-state index contributed by atoms with van der Waals surface area (Å²) in [5, 5.41) is 27.3. The van der Waals surface area contributed by atoms with Gasteiger partial charge in [-0.25, -0.2) is 4.79 Å². The van der Waals surface area contributed by atoms with Crippen molar-refractivity contribution in [2.75, 3.05) is 0 Å². The van der Waals surface area contributed by atoms with Gasteiger partial charge < -0.3 is 42.6 Å². The maximum absolute atomic E-state index is 13.1. The molecule has 0 aliphatic heterocycles. The Kier molecular flexibility index (Phi) is 10.8. The predicted octanol–water partition coefficient (Wildman–Crippen LogP) is -1.12. The van der Waals surface area contributed by atoms with E-state index < -0.39 is 66.3 Å². The number of aliphatic hydroxyl groups is 1. The fourth-order valence-electron chi connectivity index (χ4n) is 3.93. The number of carbonyl (C=O) groups excluding carboxylic acids is 4. The normalized spacial score (nSPS) is 15.2. The van der Waals surface area contributed by atoms with E-state index in [1.54, 1.807) is 6.20 Å². The minimum Gasteiger partial charge on any atom is -0.480 e. The Morgan fingerprint density at radius 1 is 0.947 bits per heavy atom. The highest BCUT2D eigenvalue weighted by molar-refractivity contribution is 5.95. The molecule has 38 heavy (non-hydrogen) atoms. The first kappa shape index (κ1) is 30.3. The van der Waals surface area contributed by atoms with E-state index in [1.807, 2.05) is 38.1 Å². The first-order chi connectivity index (χ1) is 17.8. The lowest BCUT2D eigenvalue weighted by Crippen LogP contribution is -2.60. The van der Waals surface area contributed by atoms with Crippen LogP contribution in [0.15, 0.2) is 30.5 Å². The maximum atomic E-state index is 13.1. The fourth-order valence-corrected chi connectivity index (χ4v) is 3.93. The summed E-state index contributed by atoms with van der Waals surface area (Å²) in [5.41, 5.74) is 12.9. The van der Waals surface area contributed by atoms with Crippen LogP contribution in [0.1, 0.15) is 39.2 Å². The Morgan fingerprint density at radius 2 is 1.58 bits per heavy atom. The summed E-state index contributed by atoms with van der Waals surface area (Å²) in [5.74, 6) is -4.90. The number of carboxylic acids is 1. The van der Waals surface area contributed by atoms with Crippen LogP contribution >= 0.6 is 0 Å². The van der Waals surface area contributed by atoms with Gasteiger partial charge in [-0.1, -0.05) is 32.0 Å². The zero-order chi connectivity index (χ0) is 28.6. The quantitative estimate of drug-likeness (QED) is 0.148. The molecule has 1 heterocycles. The van der Waals surface area contributed by atoms with Crippen LogP contribution in [0.3, 0.4) is 0 Å². The first-order valence-electron chi connectivity index (χ1n) is 12.2. The molecule has 5 atom stereocenters. The minimum absolute atomic E-state index is 0.0401. The van der Waals surface area contributed by atoms with Crippen molar-refractivity contribution in [2.45, 2.75) is 70.3 Å². The van der Waals surface area contributed by atoms with Crippen LogP contribution in [-0.4, -0.2) is 75.1 Å². The van der Waals surface area contributed by atoms with Crippen LogP contribution in [0.5, 0.6) is 0 Å². The van der Waals surface area contributed by atoms with Gasteiger partial charge in [0, 0.05) is 17.1 Å². The van der Waals surface area contributed by atoms with Crippen molar-refractivity contribution in [2.24, 2.45) is 17.4 Å². The third-order valence-corrected chi connectivity index (χ3v) is 5.87. The Labute approximate surface area is 219 Å². The average molecular weight is 533 g/mol. The number of H-pyrrole nitrogens is 1. The van der Waals surface area contributed by atoms with Crippen LogP contribution in [-0.2, 0) is 30.4 Å². The second-order valence-electron chi connectivity index (χ2n) is 9.66. The number of benzene rings is 1. The Balaban J connectivity index is 2.11. The van der Waals surface area contributed by atoms with Gasteiger partial charge in [-0.3, -0.25) is 19.2 Å². The molecule has 0 saturated carbocycles. The van der Waals surface area contributed by atoms with E-state index in [1.165, 1.54) is 6.92 Å². The molecule has 208 valence electrons. The molecule has 13 nitrogen and oxygen atoms in total. The monoisotopic (exact) mass is 532 g/mol. The van der Waals surface area contributed by atoms with E-state index in [0.29, 0.717) is 0 Å². The number of aromatic nitrogens is 1. The molecule has 10 N–H and O–H groups in total. The summed E-state index contributed by atoms with van der Waals surface area (Å²) in [6.45, 7) is 4.89. The smallest absolute Gasteiger partial charge is 0.326 e. The summed E-state index contributed by atoms with van der Waals surface area (Å²) >= 11 is 0. The van der Waals surface area contributed by atoms with Crippen molar-refractivity contribution in [3.8, 4) is 0 Å². The van der Waals surface area contributed by atoms with Crippen LogP contribution in [0.4, 0.5) is 0 Å². The van der Waals surface area contributed by atoms with Crippen molar-refractivity contribution in [1.29, 1.82) is 0 Å². The number of para-hydroxylation sites is 1. The van der Waals surface area contributed by atoms with Crippen molar-refractivity contribution < 1.29 is 34.2 Å². The number of carboxylic acid groups (broad SMARTS) is 1. The first-order valence-corrected chi connectivity index (χ1v) is 12.2. The van der Waals surface area contributed by atoms with Gasteiger partial charge in [-0.2, -0.15) is 0 Å². The fraction of sp³-hybridized carbons (Fsp3) is 0.480. The predicted molar refractivity (Wildman–Crippen MR) is 138 cm³/mol. The lowest BCUT2D eigenvalue weighted by atomic mass is 10.0. The third kappa shape index (κ3) is 8.56. The number of primary amides is 1. The molecule has 13 heteroatoms. The van der Waals surface area contributed by atoms with Crippen molar-refractivity contribution >= 4 is 40.5 Å². The van der Waals surface area contributed by atoms with Gasteiger partial charge in [0.05, 0.1) is 18.6 Å². The number of fused-ring (bicyclic) bond motifs is 1. The molecule has 2 aromatic rings. The van der Waals surface area contributed by atoms with E-state index in [2.05, 4.69) is 20.9 Å². The molecule has 0 fully saturated rings. The van der Waals surface area contributed by atoms with E-state index in [-0.39, 0.29) is 18.8 Å². The summed E-state index contributed by atoms with van der Waals surface area (Å²) in [4.78, 5) is 64.3. The Morgan fingerprint density at radius 3 is 2.16 bits per heavy atom. The van der Waals surface area contributed by atoms with E-state index in [9.17, 15) is 34.2 Å². The highest BCUT2D eigenvalue weighted by atomic mass is 16.4. The van der Waals surface area contributed by atoms with Crippen LogP contribution < -0.4 is 27.4 Å². The topological polar surface area (TPSA) is 230 Å². The van der Waals surface area contributed by atoms with Crippen LogP contribution in [0.2, 0.25) is 0 Å². The van der Waals surface area contributed by atoms with Crippen molar-refractivity contribution in [1.82, 2.24) is 20.9 Å². The van der Waals surface area contributed by atoms with E-state index >= 15 is 0 Å². The molecule has 0 bridgehead atoms. The molecule has 5 unspecified atom stereocenters. The van der Waals surface area contributed by atoms with Crippen molar-refractivity contribution in [3.63, 3.8) is 0 Å². The van der Waals surface area contributed by atoms with Gasteiger partial charge in [-0.15, -0.1) is 0 Å². The molecule has 4 amide bonds. The van der Waals surface area contributed by atoms with Gasteiger partial charge in [0.25, 0.3) is 0 Å².